The molecule has 1 N–H and O–H groups in total. The first-order valence-corrected chi connectivity index (χ1v) is 7.36. The molecule has 120 valence electrons. The standard InChI is InChI=1S/C17H18N2O4/c1-3-22-17(21)13-8-15(10-18)23-16(9-13)12-4-6-14(7-5-12)19-11(2)20/h4-8,13,16H,3,9H2,1-2H3,(H,19,20)/t13-,16+/m1/s1. The van der Waals surface area contributed by atoms with Gasteiger partial charge in [-0.2, -0.15) is 5.26 Å². The number of nitrogens with zero attached hydrogens (tertiary/aromatic N) is 1. The molecular formula is C17H18N2O4. The molecular weight excluding hydrogens is 296 g/mol. The molecule has 2 atom stereocenters. The number of esters is 1. The highest BCUT2D eigenvalue weighted by atomic mass is 16.5. The van der Waals surface area contributed by atoms with Crippen LogP contribution in [0.4, 0.5) is 5.69 Å². The van der Waals surface area contributed by atoms with Crippen LogP contribution in [0, 0.1) is 17.2 Å². The van der Waals surface area contributed by atoms with Crippen molar-refractivity contribution in [3.05, 3.63) is 41.7 Å². The molecule has 1 amide bonds. The van der Waals surface area contributed by atoms with E-state index < -0.39 is 12.0 Å². The Labute approximate surface area is 134 Å². The second-order valence-electron chi connectivity index (χ2n) is 5.15. The lowest BCUT2D eigenvalue weighted by molar-refractivity contribution is -0.148. The van der Waals surface area contributed by atoms with Crippen molar-refractivity contribution in [2.45, 2.75) is 26.4 Å². The Balaban J connectivity index is 2.16. The molecule has 1 aromatic rings. The van der Waals surface area contributed by atoms with E-state index >= 15 is 0 Å². The molecule has 0 spiro atoms. The Hall–Kier alpha value is -2.81. The van der Waals surface area contributed by atoms with Crippen LogP contribution in [0.25, 0.3) is 0 Å². The number of benzene rings is 1. The first kappa shape index (κ1) is 16.6. The van der Waals surface area contributed by atoms with Crippen molar-refractivity contribution < 1.29 is 19.1 Å². The highest BCUT2D eigenvalue weighted by Crippen LogP contribution is 2.34. The summed E-state index contributed by atoms with van der Waals surface area (Å²) in [5.74, 6) is -0.893. The molecule has 23 heavy (non-hydrogen) atoms. The summed E-state index contributed by atoms with van der Waals surface area (Å²) in [5.41, 5.74) is 1.50. The lowest BCUT2D eigenvalue weighted by Crippen LogP contribution is -2.23. The summed E-state index contributed by atoms with van der Waals surface area (Å²) in [7, 11) is 0. The van der Waals surface area contributed by atoms with Crippen molar-refractivity contribution in [2.24, 2.45) is 5.92 Å². The zero-order valence-electron chi connectivity index (χ0n) is 13.0. The van der Waals surface area contributed by atoms with Crippen molar-refractivity contribution in [3.8, 4) is 6.07 Å². The second kappa shape index (κ2) is 7.45. The smallest absolute Gasteiger partial charge is 0.313 e. The Kier molecular flexibility index (Phi) is 5.36. The van der Waals surface area contributed by atoms with Crippen molar-refractivity contribution >= 4 is 17.6 Å². The molecule has 1 aromatic carbocycles. The van der Waals surface area contributed by atoms with Gasteiger partial charge in [-0.1, -0.05) is 12.1 Å². The number of carbonyl (C=O) groups excluding carboxylic acids is 2. The summed E-state index contributed by atoms with van der Waals surface area (Å²) in [6.45, 7) is 3.47. The largest absolute Gasteiger partial charge is 0.476 e. The quantitative estimate of drug-likeness (QED) is 0.863. The van der Waals surface area contributed by atoms with Gasteiger partial charge in [-0.25, -0.2) is 0 Å². The van der Waals surface area contributed by atoms with Crippen LogP contribution in [0.15, 0.2) is 36.1 Å². The highest BCUT2D eigenvalue weighted by Gasteiger charge is 2.30. The number of nitrogens with one attached hydrogen (secondary N) is 1. The van der Waals surface area contributed by atoms with Crippen LogP contribution in [0.5, 0.6) is 0 Å². The van der Waals surface area contributed by atoms with E-state index in [0.717, 1.165) is 5.56 Å². The molecule has 0 aromatic heterocycles. The fourth-order valence-corrected chi connectivity index (χ4v) is 2.39. The third-order valence-corrected chi connectivity index (χ3v) is 3.39. The lowest BCUT2D eigenvalue weighted by atomic mass is 9.93. The van der Waals surface area contributed by atoms with Gasteiger partial charge in [-0.15, -0.1) is 0 Å². The number of ether oxygens (including phenoxy) is 2. The molecule has 2 rings (SSSR count). The number of allylic oxidation sites excluding steroid dienone is 1. The maximum atomic E-state index is 11.9. The van der Waals surface area contributed by atoms with Crippen molar-refractivity contribution in [2.75, 3.05) is 11.9 Å². The fraction of sp³-hybridized carbons (Fsp3) is 0.353. The molecule has 1 aliphatic rings. The van der Waals surface area contributed by atoms with Gasteiger partial charge in [0.1, 0.15) is 12.2 Å². The molecule has 0 aliphatic carbocycles. The van der Waals surface area contributed by atoms with Gasteiger partial charge in [-0.05, 0) is 30.7 Å². The minimum atomic E-state index is -0.502. The van der Waals surface area contributed by atoms with Crippen LogP contribution < -0.4 is 5.32 Å². The van der Waals surface area contributed by atoms with Gasteiger partial charge in [0.25, 0.3) is 0 Å². The van der Waals surface area contributed by atoms with Crippen LogP contribution in [-0.4, -0.2) is 18.5 Å². The third-order valence-electron chi connectivity index (χ3n) is 3.39. The minimum Gasteiger partial charge on any atom is -0.476 e. The minimum absolute atomic E-state index is 0.116. The van der Waals surface area contributed by atoms with Crippen molar-refractivity contribution in [1.29, 1.82) is 5.26 Å². The zero-order chi connectivity index (χ0) is 16.8. The summed E-state index contributed by atoms with van der Waals surface area (Å²) in [6.07, 6.45) is 1.50. The Morgan fingerprint density at radius 1 is 1.39 bits per heavy atom. The average molecular weight is 314 g/mol. The molecule has 0 fully saturated rings. The third kappa shape index (κ3) is 4.33. The van der Waals surface area contributed by atoms with Crippen molar-refractivity contribution in [1.82, 2.24) is 0 Å². The van der Waals surface area contributed by atoms with E-state index in [1.54, 1.807) is 31.2 Å². The van der Waals surface area contributed by atoms with Gasteiger partial charge in [-0.3, -0.25) is 9.59 Å². The Morgan fingerprint density at radius 3 is 2.65 bits per heavy atom. The van der Waals surface area contributed by atoms with Gasteiger partial charge < -0.3 is 14.8 Å². The monoisotopic (exact) mass is 314 g/mol. The summed E-state index contributed by atoms with van der Waals surface area (Å²) in [6, 6.07) is 9.06. The molecule has 1 heterocycles. The molecule has 0 saturated heterocycles. The summed E-state index contributed by atoms with van der Waals surface area (Å²) in [5, 5.41) is 11.8. The average Bonchev–Trinajstić information content (AvgIpc) is 2.54. The second-order valence-corrected chi connectivity index (χ2v) is 5.15. The van der Waals surface area contributed by atoms with Crippen LogP contribution in [0.2, 0.25) is 0 Å². The van der Waals surface area contributed by atoms with Crippen LogP contribution >= 0.6 is 0 Å². The van der Waals surface area contributed by atoms with Gasteiger partial charge in [0.15, 0.2) is 5.76 Å². The van der Waals surface area contributed by atoms with E-state index in [-0.39, 0.29) is 17.6 Å². The van der Waals surface area contributed by atoms with Crippen LogP contribution in [-0.2, 0) is 19.1 Å². The van der Waals surface area contributed by atoms with E-state index in [0.29, 0.717) is 18.7 Å². The van der Waals surface area contributed by atoms with E-state index in [1.165, 1.54) is 13.0 Å². The predicted molar refractivity (Wildman–Crippen MR) is 83.0 cm³/mol. The first-order chi connectivity index (χ1) is 11.0. The zero-order valence-corrected chi connectivity index (χ0v) is 13.0. The molecule has 1 aliphatic heterocycles. The normalized spacial score (nSPS) is 19.8. The van der Waals surface area contributed by atoms with E-state index in [4.69, 9.17) is 14.7 Å². The molecule has 0 saturated carbocycles. The number of hydrogen-bond acceptors (Lipinski definition) is 5. The topological polar surface area (TPSA) is 88.4 Å². The Bertz CT molecular complexity index is 658. The predicted octanol–water partition coefficient (Wildman–Crippen LogP) is 2.69. The summed E-state index contributed by atoms with van der Waals surface area (Å²) < 4.78 is 10.6. The SMILES string of the molecule is CCOC(=O)[C@@H]1C=C(C#N)O[C@H](c2ccc(NC(C)=O)cc2)C1. The maximum absolute atomic E-state index is 11.9. The van der Waals surface area contributed by atoms with Crippen molar-refractivity contribution in [3.63, 3.8) is 0 Å². The first-order valence-electron chi connectivity index (χ1n) is 7.36. The molecule has 0 bridgehead atoms. The van der Waals surface area contributed by atoms with E-state index in [1.807, 2.05) is 6.07 Å². The fourth-order valence-electron chi connectivity index (χ4n) is 2.39. The molecule has 6 heteroatoms. The number of carbonyl (C=O) groups is 2. The number of anilines is 1. The van der Waals surface area contributed by atoms with Gasteiger partial charge in [0.2, 0.25) is 5.91 Å². The van der Waals surface area contributed by atoms with E-state index in [2.05, 4.69) is 5.32 Å². The molecule has 0 unspecified atom stereocenters. The molecule has 6 nitrogen and oxygen atoms in total. The van der Waals surface area contributed by atoms with E-state index in [9.17, 15) is 9.59 Å². The summed E-state index contributed by atoms with van der Waals surface area (Å²) in [4.78, 5) is 23.0. The molecule has 0 radical (unpaired) electrons. The number of hydrogen-bond donors (Lipinski definition) is 1. The number of rotatable bonds is 4. The van der Waals surface area contributed by atoms with Gasteiger partial charge >= 0.3 is 5.97 Å². The number of amides is 1. The lowest BCUT2D eigenvalue weighted by Gasteiger charge is -2.26. The van der Waals surface area contributed by atoms with Crippen LogP contribution in [0.1, 0.15) is 31.9 Å². The maximum Gasteiger partial charge on any atom is 0.313 e. The highest BCUT2D eigenvalue weighted by molar-refractivity contribution is 5.88. The number of nitriles is 1. The Morgan fingerprint density at radius 2 is 2.09 bits per heavy atom. The van der Waals surface area contributed by atoms with Gasteiger partial charge in [0.05, 0.1) is 12.5 Å². The summed E-state index contributed by atoms with van der Waals surface area (Å²) >= 11 is 0. The van der Waals surface area contributed by atoms with Crippen LogP contribution in [0.3, 0.4) is 0 Å². The van der Waals surface area contributed by atoms with Gasteiger partial charge in [0, 0.05) is 19.0 Å².